The van der Waals surface area contributed by atoms with Crippen molar-refractivity contribution >= 4 is 26.7 Å². The van der Waals surface area contributed by atoms with Gasteiger partial charge >= 0.3 is 0 Å². The van der Waals surface area contributed by atoms with E-state index in [9.17, 15) is 0 Å². The maximum atomic E-state index is 5.45. The molecule has 19 heavy (non-hydrogen) atoms. The molecule has 0 aromatic heterocycles. The van der Waals surface area contributed by atoms with Crippen LogP contribution in [-0.4, -0.2) is 7.11 Å². The van der Waals surface area contributed by atoms with Crippen molar-refractivity contribution in [1.29, 1.82) is 0 Å². The average molecular weight is 321 g/mol. The fraction of sp³-hybridized carbons (Fsp3) is 0.412. The van der Waals surface area contributed by atoms with E-state index < -0.39 is 0 Å². The average Bonchev–Trinajstić information content (AvgIpc) is 2.45. The van der Waals surface area contributed by atoms with Gasteiger partial charge in [-0.25, -0.2) is 0 Å². The van der Waals surface area contributed by atoms with Crippen molar-refractivity contribution in [3.8, 4) is 5.75 Å². The molecule has 2 rings (SSSR count). The van der Waals surface area contributed by atoms with Gasteiger partial charge in [0.2, 0.25) is 0 Å². The number of alkyl halides is 1. The largest absolute Gasteiger partial charge is 0.496 e. The Morgan fingerprint density at radius 1 is 1.11 bits per heavy atom. The van der Waals surface area contributed by atoms with Gasteiger partial charge in [-0.2, -0.15) is 0 Å². The Kier molecular flexibility index (Phi) is 4.87. The summed E-state index contributed by atoms with van der Waals surface area (Å²) >= 11 is 3.88. The van der Waals surface area contributed by atoms with E-state index in [1.54, 1.807) is 7.11 Å². The molecule has 0 aliphatic rings. The molecule has 2 atom stereocenters. The molecule has 0 radical (unpaired) electrons. The highest BCUT2D eigenvalue weighted by Crippen LogP contribution is 2.39. The maximum absolute atomic E-state index is 5.45. The Balaban J connectivity index is 2.50. The number of hydrogen-bond acceptors (Lipinski definition) is 1. The van der Waals surface area contributed by atoms with Crippen LogP contribution in [0.3, 0.4) is 0 Å². The molecular weight excluding hydrogens is 300 g/mol. The highest BCUT2D eigenvalue weighted by atomic mass is 79.9. The standard InChI is InChI=1S/C17H21BrO/c1-4-7-12(2)17(18)15-10-11-16(19-3)14-9-6-5-8-13(14)15/h5-6,8-12,17H,4,7H2,1-3H3. The Bertz CT molecular complexity index is 550. The second kappa shape index (κ2) is 6.42. The van der Waals surface area contributed by atoms with Crippen LogP contribution < -0.4 is 4.74 Å². The Morgan fingerprint density at radius 3 is 2.42 bits per heavy atom. The second-order valence-electron chi connectivity index (χ2n) is 5.07. The highest BCUT2D eigenvalue weighted by Gasteiger charge is 2.18. The highest BCUT2D eigenvalue weighted by molar-refractivity contribution is 9.09. The Labute approximate surface area is 124 Å². The molecule has 0 N–H and O–H groups in total. The van der Waals surface area contributed by atoms with Crippen molar-refractivity contribution in [1.82, 2.24) is 0 Å². The van der Waals surface area contributed by atoms with E-state index in [0.29, 0.717) is 10.7 Å². The predicted molar refractivity (Wildman–Crippen MR) is 86.2 cm³/mol. The summed E-state index contributed by atoms with van der Waals surface area (Å²) in [6.07, 6.45) is 2.45. The van der Waals surface area contributed by atoms with Gasteiger partial charge in [0, 0.05) is 10.2 Å². The quantitative estimate of drug-likeness (QED) is 0.640. The summed E-state index contributed by atoms with van der Waals surface area (Å²) in [6.45, 7) is 4.55. The summed E-state index contributed by atoms with van der Waals surface area (Å²) < 4.78 is 5.45. The van der Waals surface area contributed by atoms with Gasteiger partial charge in [-0.1, -0.05) is 66.5 Å². The van der Waals surface area contributed by atoms with Crippen LogP contribution in [0.1, 0.15) is 37.1 Å². The first kappa shape index (κ1) is 14.4. The Morgan fingerprint density at radius 2 is 1.79 bits per heavy atom. The van der Waals surface area contributed by atoms with Crippen LogP contribution in [0.2, 0.25) is 0 Å². The van der Waals surface area contributed by atoms with Gasteiger partial charge in [0.1, 0.15) is 5.75 Å². The number of benzene rings is 2. The number of methoxy groups -OCH3 is 1. The number of ether oxygens (including phenoxy) is 1. The van der Waals surface area contributed by atoms with Crippen molar-refractivity contribution in [3.05, 3.63) is 42.0 Å². The van der Waals surface area contributed by atoms with E-state index in [2.05, 4.69) is 66.2 Å². The lowest BCUT2D eigenvalue weighted by Crippen LogP contribution is -2.04. The van der Waals surface area contributed by atoms with Crippen LogP contribution in [0.4, 0.5) is 0 Å². The molecule has 1 nitrogen and oxygen atoms in total. The first-order valence-electron chi connectivity index (χ1n) is 6.88. The zero-order valence-corrected chi connectivity index (χ0v) is 13.4. The van der Waals surface area contributed by atoms with Crippen LogP contribution in [0, 0.1) is 5.92 Å². The molecule has 0 amide bonds. The summed E-state index contributed by atoms with van der Waals surface area (Å²) in [6, 6.07) is 12.7. The van der Waals surface area contributed by atoms with E-state index in [4.69, 9.17) is 4.74 Å². The lowest BCUT2D eigenvalue weighted by Gasteiger charge is -2.20. The van der Waals surface area contributed by atoms with Crippen molar-refractivity contribution < 1.29 is 4.74 Å². The third kappa shape index (κ3) is 2.94. The molecule has 0 spiro atoms. The smallest absolute Gasteiger partial charge is 0.126 e. The summed E-state index contributed by atoms with van der Waals surface area (Å²) in [7, 11) is 1.73. The number of hydrogen-bond donors (Lipinski definition) is 0. The molecule has 2 heteroatoms. The first-order chi connectivity index (χ1) is 9.19. The van der Waals surface area contributed by atoms with E-state index in [1.165, 1.54) is 29.2 Å². The third-order valence-electron chi connectivity index (χ3n) is 3.68. The molecule has 2 unspecified atom stereocenters. The van der Waals surface area contributed by atoms with Crippen LogP contribution in [0.5, 0.6) is 5.75 Å². The van der Waals surface area contributed by atoms with Crippen LogP contribution >= 0.6 is 15.9 Å². The van der Waals surface area contributed by atoms with E-state index in [1.807, 2.05) is 0 Å². The zero-order valence-electron chi connectivity index (χ0n) is 11.8. The minimum atomic E-state index is 0.392. The number of rotatable bonds is 5. The fourth-order valence-corrected chi connectivity index (χ4v) is 3.28. The lowest BCUT2D eigenvalue weighted by molar-refractivity contribution is 0.419. The van der Waals surface area contributed by atoms with Crippen molar-refractivity contribution in [2.75, 3.05) is 7.11 Å². The molecule has 0 aliphatic carbocycles. The van der Waals surface area contributed by atoms with Gasteiger partial charge in [-0.05, 0) is 29.4 Å². The van der Waals surface area contributed by atoms with Crippen LogP contribution in [0.15, 0.2) is 36.4 Å². The second-order valence-corrected chi connectivity index (χ2v) is 6.06. The van der Waals surface area contributed by atoms with E-state index >= 15 is 0 Å². The minimum absolute atomic E-state index is 0.392. The minimum Gasteiger partial charge on any atom is -0.496 e. The molecule has 0 saturated carbocycles. The molecule has 0 heterocycles. The molecule has 102 valence electrons. The van der Waals surface area contributed by atoms with E-state index in [0.717, 1.165) is 5.75 Å². The molecule has 0 aliphatic heterocycles. The topological polar surface area (TPSA) is 9.23 Å². The summed E-state index contributed by atoms with van der Waals surface area (Å²) in [4.78, 5) is 0.392. The molecule has 2 aromatic rings. The van der Waals surface area contributed by atoms with Gasteiger partial charge in [0.05, 0.1) is 7.11 Å². The molecule has 0 fully saturated rings. The molecular formula is C17H21BrO. The SMILES string of the molecule is CCCC(C)C(Br)c1ccc(OC)c2ccccc12. The summed E-state index contributed by atoms with van der Waals surface area (Å²) in [5, 5.41) is 2.47. The number of halogens is 1. The van der Waals surface area contributed by atoms with Gasteiger partial charge in [0.15, 0.2) is 0 Å². The summed E-state index contributed by atoms with van der Waals surface area (Å²) in [5.41, 5.74) is 1.36. The monoisotopic (exact) mass is 320 g/mol. The van der Waals surface area contributed by atoms with Gasteiger partial charge in [-0.3, -0.25) is 0 Å². The normalized spacial score (nSPS) is 14.3. The van der Waals surface area contributed by atoms with Crippen LogP contribution in [-0.2, 0) is 0 Å². The van der Waals surface area contributed by atoms with Gasteiger partial charge in [0.25, 0.3) is 0 Å². The lowest BCUT2D eigenvalue weighted by atomic mass is 9.93. The summed E-state index contributed by atoms with van der Waals surface area (Å²) in [5.74, 6) is 1.57. The Hall–Kier alpha value is -1.02. The molecule has 2 aromatic carbocycles. The first-order valence-corrected chi connectivity index (χ1v) is 7.80. The maximum Gasteiger partial charge on any atom is 0.126 e. The van der Waals surface area contributed by atoms with Crippen molar-refractivity contribution in [3.63, 3.8) is 0 Å². The fourth-order valence-electron chi connectivity index (χ4n) is 2.62. The van der Waals surface area contributed by atoms with Crippen LogP contribution in [0.25, 0.3) is 10.8 Å². The van der Waals surface area contributed by atoms with Crippen molar-refractivity contribution in [2.45, 2.75) is 31.5 Å². The zero-order chi connectivity index (χ0) is 13.8. The number of fused-ring (bicyclic) bond motifs is 1. The molecule has 0 saturated heterocycles. The van der Waals surface area contributed by atoms with Gasteiger partial charge in [-0.15, -0.1) is 0 Å². The van der Waals surface area contributed by atoms with E-state index in [-0.39, 0.29) is 0 Å². The predicted octanol–water partition coefficient (Wildman–Crippen LogP) is 5.72. The molecule has 0 bridgehead atoms. The third-order valence-corrected chi connectivity index (χ3v) is 5.07. The van der Waals surface area contributed by atoms with Gasteiger partial charge < -0.3 is 4.74 Å². The van der Waals surface area contributed by atoms with Crippen molar-refractivity contribution in [2.24, 2.45) is 5.92 Å².